The fourth-order valence-corrected chi connectivity index (χ4v) is 2.52. The number of fused-ring (bicyclic) bond motifs is 1. The number of nitrogens with zero attached hydrogens (tertiary/aromatic N) is 2. The van der Waals surface area contributed by atoms with Gasteiger partial charge in [0.25, 0.3) is 0 Å². The Morgan fingerprint density at radius 2 is 2.15 bits per heavy atom. The Kier molecular flexibility index (Phi) is 4.77. The second-order valence-electron chi connectivity index (χ2n) is 5.65. The van der Waals surface area contributed by atoms with Gasteiger partial charge in [0, 0.05) is 18.5 Å². The van der Waals surface area contributed by atoms with Gasteiger partial charge in [-0.05, 0) is 31.2 Å². The van der Waals surface area contributed by atoms with Crippen molar-refractivity contribution in [1.82, 2.24) is 0 Å². The van der Waals surface area contributed by atoms with E-state index in [4.69, 9.17) is 5.21 Å². The predicted octanol–water partition coefficient (Wildman–Crippen LogP) is 3.43. The molecule has 1 aliphatic heterocycles. The summed E-state index contributed by atoms with van der Waals surface area (Å²) in [5, 5.41) is 12.5. The fraction of sp³-hybridized carbons (Fsp3) is 0.500. The molecule has 2 rings (SSSR count). The first kappa shape index (κ1) is 14.6. The van der Waals surface area contributed by atoms with Crippen LogP contribution in [0.1, 0.15) is 45.1 Å². The second kappa shape index (κ2) is 6.55. The van der Waals surface area contributed by atoms with Crippen LogP contribution in [0.2, 0.25) is 0 Å². The highest BCUT2D eigenvalue weighted by Crippen LogP contribution is 2.27. The smallest absolute Gasteiger partial charge is 0.227 e. The lowest BCUT2D eigenvalue weighted by Crippen LogP contribution is -2.31. The van der Waals surface area contributed by atoms with Gasteiger partial charge in [-0.25, -0.2) is 0 Å². The topological polar surface area (TPSA) is 52.9 Å². The molecule has 108 valence electrons. The maximum absolute atomic E-state index is 12.4. The largest absolute Gasteiger partial charge is 0.411 e. The maximum atomic E-state index is 12.4. The molecule has 0 unspecified atom stereocenters. The number of carbonyl (C=O) groups excluding carboxylic acids is 1. The molecule has 1 aromatic rings. The number of hydrogen-bond acceptors (Lipinski definition) is 3. The van der Waals surface area contributed by atoms with Crippen molar-refractivity contribution in [3.05, 3.63) is 29.8 Å². The zero-order valence-electron chi connectivity index (χ0n) is 12.2. The minimum absolute atomic E-state index is 0.158. The van der Waals surface area contributed by atoms with E-state index in [1.807, 2.05) is 29.2 Å². The molecule has 0 bridgehead atoms. The lowest BCUT2D eigenvalue weighted by Gasteiger charge is -2.23. The van der Waals surface area contributed by atoms with E-state index in [0.717, 1.165) is 24.1 Å². The Bertz CT molecular complexity index is 509. The number of carbonyl (C=O) groups is 1. The van der Waals surface area contributed by atoms with Crippen LogP contribution in [0.3, 0.4) is 0 Å². The van der Waals surface area contributed by atoms with Crippen LogP contribution in [0.5, 0.6) is 0 Å². The summed E-state index contributed by atoms with van der Waals surface area (Å²) in [5.41, 5.74) is 2.40. The Morgan fingerprint density at radius 1 is 1.40 bits per heavy atom. The summed E-state index contributed by atoms with van der Waals surface area (Å²) >= 11 is 0. The van der Waals surface area contributed by atoms with Crippen molar-refractivity contribution in [2.75, 3.05) is 11.4 Å². The van der Waals surface area contributed by atoms with Crippen molar-refractivity contribution in [2.45, 2.75) is 39.5 Å². The van der Waals surface area contributed by atoms with Crippen LogP contribution in [0.15, 0.2) is 29.4 Å². The van der Waals surface area contributed by atoms with Gasteiger partial charge in [0.1, 0.15) is 0 Å². The quantitative estimate of drug-likeness (QED) is 0.678. The molecule has 20 heavy (non-hydrogen) atoms. The molecular formula is C16H22N2O2. The van der Waals surface area contributed by atoms with Crippen molar-refractivity contribution in [1.29, 1.82) is 0 Å². The van der Waals surface area contributed by atoms with Gasteiger partial charge in [-0.2, -0.15) is 0 Å². The van der Waals surface area contributed by atoms with Gasteiger partial charge in [-0.15, -0.1) is 0 Å². The van der Waals surface area contributed by atoms with Gasteiger partial charge in [0.05, 0.1) is 11.4 Å². The van der Waals surface area contributed by atoms with Crippen molar-refractivity contribution in [2.24, 2.45) is 11.1 Å². The monoisotopic (exact) mass is 274 g/mol. The number of hydrogen-bond donors (Lipinski definition) is 1. The lowest BCUT2D eigenvalue weighted by atomic mass is 10.0. The van der Waals surface area contributed by atoms with Gasteiger partial charge in [0.2, 0.25) is 5.91 Å². The Labute approximate surface area is 120 Å². The molecule has 0 atom stereocenters. The summed E-state index contributed by atoms with van der Waals surface area (Å²) in [5.74, 6) is 0.682. The molecule has 0 aromatic heterocycles. The number of benzene rings is 1. The molecule has 1 amide bonds. The summed E-state index contributed by atoms with van der Waals surface area (Å²) in [6.07, 6.45) is 2.99. The van der Waals surface area contributed by atoms with Gasteiger partial charge >= 0.3 is 0 Å². The van der Waals surface area contributed by atoms with Crippen LogP contribution in [0.25, 0.3) is 0 Å². The SMILES string of the molecule is CC(C)CCC(=O)N1CCC/C(=N/O)c2ccccc21. The van der Waals surface area contributed by atoms with E-state index >= 15 is 0 Å². The van der Waals surface area contributed by atoms with Crippen LogP contribution in [-0.4, -0.2) is 23.4 Å². The highest BCUT2D eigenvalue weighted by Gasteiger charge is 2.23. The van der Waals surface area contributed by atoms with Gasteiger partial charge in [0.15, 0.2) is 0 Å². The number of rotatable bonds is 3. The van der Waals surface area contributed by atoms with Crippen molar-refractivity contribution in [3.63, 3.8) is 0 Å². The molecule has 4 heteroatoms. The van der Waals surface area contributed by atoms with E-state index in [-0.39, 0.29) is 5.91 Å². The van der Waals surface area contributed by atoms with Crippen LogP contribution in [0, 0.1) is 5.92 Å². The molecule has 4 nitrogen and oxygen atoms in total. The fourth-order valence-electron chi connectivity index (χ4n) is 2.52. The third-order valence-electron chi connectivity index (χ3n) is 3.66. The molecule has 1 N–H and O–H groups in total. The Balaban J connectivity index is 2.28. The van der Waals surface area contributed by atoms with E-state index < -0.39 is 0 Å². The number of para-hydroxylation sites is 1. The van der Waals surface area contributed by atoms with Crippen molar-refractivity contribution in [3.8, 4) is 0 Å². The molecule has 0 radical (unpaired) electrons. The Hall–Kier alpha value is -1.84. The predicted molar refractivity (Wildman–Crippen MR) is 80.4 cm³/mol. The maximum Gasteiger partial charge on any atom is 0.227 e. The standard InChI is InChI=1S/C16H22N2O2/c1-12(2)9-10-16(19)18-11-5-7-14(17-20)13-6-3-4-8-15(13)18/h3-4,6,8,12,20H,5,7,9-11H2,1-2H3/b17-14-. The molecule has 0 saturated carbocycles. The van der Waals surface area contributed by atoms with E-state index in [1.165, 1.54) is 0 Å². The first-order valence-corrected chi connectivity index (χ1v) is 7.24. The van der Waals surface area contributed by atoms with Crippen LogP contribution in [0.4, 0.5) is 5.69 Å². The third-order valence-corrected chi connectivity index (χ3v) is 3.66. The molecule has 0 saturated heterocycles. The normalized spacial score (nSPS) is 17.1. The van der Waals surface area contributed by atoms with E-state index in [0.29, 0.717) is 31.0 Å². The van der Waals surface area contributed by atoms with Gasteiger partial charge in [-0.1, -0.05) is 37.2 Å². The number of amides is 1. The molecule has 0 fully saturated rings. The minimum atomic E-state index is 0.158. The highest BCUT2D eigenvalue weighted by atomic mass is 16.4. The average Bonchev–Trinajstić information content (AvgIpc) is 2.64. The molecule has 0 aliphatic carbocycles. The first-order chi connectivity index (χ1) is 9.63. The van der Waals surface area contributed by atoms with Crippen molar-refractivity contribution >= 4 is 17.3 Å². The van der Waals surface area contributed by atoms with Gasteiger partial charge < -0.3 is 10.1 Å². The lowest BCUT2D eigenvalue weighted by molar-refractivity contribution is -0.118. The summed E-state index contributed by atoms with van der Waals surface area (Å²) in [4.78, 5) is 14.3. The summed E-state index contributed by atoms with van der Waals surface area (Å²) in [6.45, 7) is 4.94. The summed E-state index contributed by atoms with van der Waals surface area (Å²) in [6, 6.07) is 7.67. The molecular weight excluding hydrogens is 252 g/mol. The summed E-state index contributed by atoms with van der Waals surface area (Å²) < 4.78 is 0. The number of anilines is 1. The van der Waals surface area contributed by atoms with Crippen LogP contribution < -0.4 is 4.90 Å². The molecule has 1 heterocycles. The van der Waals surface area contributed by atoms with E-state index in [1.54, 1.807) is 0 Å². The summed E-state index contributed by atoms with van der Waals surface area (Å²) in [7, 11) is 0. The zero-order valence-corrected chi connectivity index (χ0v) is 12.2. The second-order valence-corrected chi connectivity index (χ2v) is 5.65. The third kappa shape index (κ3) is 3.18. The molecule has 0 spiro atoms. The van der Waals surface area contributed by atoms with Crippen molar-refractivity contribution < 1.29 is 10.0 Å². The molecule has 1 aliphatic rings. The van der Waals surface area contributed by atoms with E-state index in [2.05, 4.69) is 19.0 Å². The first-order valence-electron chi connectivity index (χ1n) is 7.24. The Morgan fingerprint density at radius 3 is 2.85 bits per heavy atom. The zero-order chi connectivity index (χ0) is 14.5. The van der Waals surface area contributed by atoms with Gasteiger partial charge in [-0.3, -0.25) is 4.79 Å². The van der Waals surface area contributed by atoms with E-state index in [9.17, 15) is 4.79 Å². The average molecular weight is 274 g/mol. The van der Waals surface area contributed by atoms with Crippen LogP contribution >= 0.6 is 0 Å². The number of oxime groups is 1. The minimum Gasteiger partial charge on any atom is -0.411 e. The molecule has 1 aromatic carbocycles. The van der Waals surface area contributed by atoms with Crippen LogP contribution in [-0.2, 0) is 4.79 Å². The highest BCUT2D eigenvalue weighted by molar-refractivity contribution is 6.09.